The van der Waals surface area contributed by atoms with Crippen molar-refractivity contribution < 1.29 is 87.2 Å². The molecule has 1 aliphatic heterocycles. The Balaban J connectivity index is 1.78. The second kappa shape index (κ2) is 11.2. The molecule has 9 N–H and O–H groups in total. The highest BCUT2D eigenvalue weighted by atomic mass is 32.3. The average molecular weight is 667 g/mol. The quantitative estimate of drug-likeness (QED) is 0.0924. The van der Waals surface area contributed by atoms with Gasteiger partial charge in [-0.05, 0) is 0 Å². The Bertz CT molecular complexity index is 1530. The van der Waals surface area contributed by atoms with Crippen molar-refractivity contribution in [3.63, 3.8) is 0 Å². The predicted molar refractivity (Wildman–Crippen MR) is 117 cm³/mol. The van der Waals surface area contributed by atoms with E-state index in [4.69, 9.17) is 19.9 Å². The van der Waals surface area contributed by atoms with Gasteiger partial charge in [0.15, 0.2) is 17.7 Å². The zero-order valence-corrected chi connectivity index (χ0v) is 22.7. The lowest BCUT2D eigenvalue weighted by atomic mass is 10.1. The average Bonchev–Trinajstić information content (AvgIpc) is 3.24. The topological polar surface area (TPSA) is 369 Å². The standard InChI is InChI=1S/C10H17N5O19P4S/c11-8-5-9(13-2-12-8)15(3-14-5)10-6(16)7(31-35(17,18)19)4(30-10)1-29-36(20,21)32-37(22,23)33-38(24,25)34-39(26,27)28/h2-4,6-7,10,16H,1H2,(H,20,21)(H,22,23)(H,24,25)(H2,11,12,13)(H2,17,18,19)(H,26,27,28)/t4-,6-,7-,10-/m1/s1. The Labute approximate surface area is 215 Å². The number of aliphatic hydroxyl groups is 1. The van der Waals surface area contributed by atoms with E-state index >= 15 is 0 Å². The summed E-state index contributed by atoms with van der Waals surface area (Å²) in [5, 5.41) is 10.6. The number of nitrogens with zero attached hydrogens (tertiary/aromatic N) is 4. The summed E-state index contributed by atoms with van der Waals surface area (Å²) in [4.78, 5) is 58.0. The van der Waals surface area contributed by atoms with Gasteiger partial charge in [-0.15, -0.1) is 3.97 Å². The van der Waals surface area contributed by atoms with Crippen molar-refractivity contribution >= 4 is 58.7 Å². The molecule has 7 atom stereocenters. The molecule has 3 rings (SSSR count). The van der Waals surface area contributed by atoms with Gasteiger partial charge in [-0.3, -0.25) is 18.2 Å². The number of hydrogen-bond acceptors (Lipinski definition) is 17. The number of imidazole rings is 1. The molecule has 0 amide bonds. The first kappa shape index (κ1) is 32.2. The van der Waals surface area contributed by atoms with Gasteiger partial charge in [0.2, 0.25) is 0 Å². The lowest BCUT2D eigenvalue weighted by molar-refractivity contribution is -0.0501. The Morgan fingerprint density at radius 1 is 1.00 bits per heavy atom. The molecule has 2 aromatic heterocycles. The number of phosphoric acid groups is 4. The van der Waals surface area contributed by atoms with Crippen LogP contribution in [0.2, 0.25) is 0 Å². The molecule has 0 saturated carbocycles. The maximum absolute atomic E-state index is 12.1. The third-order valence-electron chi connectivity index (χ3n) is 4.23. The molecule has 222 valence electrons. The molecule has 39 heavy (non-hydrogen) atoms. The van der Waals surface area contributed by atoms with Gasteiger partial charge in [0.05, 0.1) is 12.9 Å². The van der Waals surface area contributed by atoms with Crippen LogP contribution in [-0.2, 0) is 55.0 Å². The molecular weight excluding hydrogens is 650 g/mol. The van der Waals surface area contributed by atoms with E-state index in [1.54, 1.807) is 0 Å². The summed E-state index contributed by atoms with van der Waals surface area (Å²) >= 11 is 0. The summed E-state index contributed by atoms with van der Waals surface area (Å²) in [7, 11) is -29.2. The first-order chi connectivity index (χ1) is 17.6. The van der Waals surface area contributed by atoms with Crippen LogP contribution in [0.3, 0.4) is 0 Å². The minimum Gasteiger partial charge on any atom is -0.386 e. The van der Waals surface area contributed by atoms with Crippen molar-refractivity contribution in [1.29, 1.82) is 0 Å². The summed E-state index contributed by atoms with van der Waals surface area (Å²) < 4.78 is 102. The van der Waals surface area contributed by atoms with Crippen LogP contribution in [0.4, 0.5) is 5.82 Å². The van der Waals surface area contributed by atoms with Crippen LogP contribution in [0.25, 0.3) is 11.2 Å². The van der Waals surface area contributed by atoms with Crippen molar-refractivity contribution in [2.24, 2.45) is 0 Å². The highest BCUT2D eigenvalue weighted by molar-refractivity contribution is 7.86. The van der Waals surface area contributed by atoms with Gasteiger partial charge in [-0.25, -0.2) is 33.2 Å². The van der Waals surface area contributed by atoms with Crippen LogP contribution in [0.1, 0.15) is 6.23 Å². The molecule has 3 heterocycles. The smallest absolute Gasteiger partial charge is 0.386 e. The first-order valence-corrected chi connectivity index (χ1v) is 16.7. The third kappa shape index (κ3) is 8.84. The number of nitrogens with two attached hydrogens (primary N) is 1. The molecular formula is C10H17N5O19P4S. The molecule has 0 spiro atoms. The minimum absolute atomic E-state index is 0.0295. The van der Waals surface area contributed by atoms with Gasteiger partial charge in [-0.1, -0.05) is 0 Å². The van der Waals surface area contributed by atoms with Gasteiger partial charge in [0.25, 0.3) is 0 Å². The number of aromatic nitrogens is 4. The van der Waals surface area contributed by atoms with E-state index in [2.05, 4.69) is 36.6 Å². The fourth-order valence-corrected chi connectivity index (χ4v) is 7.91. The van der Waals surface area contributed by atoms with Gasteiger partial charge < -0.3 is 40.0 Å². The fraction of sp³-hybridized carbons (Fsp3) is 0.500. The number of fused-ring (bicyclic) bond motifs is 1. The largest absolute Gasteiger partial charge is 0.497 e. The lowest BCUT2D eigenvalue weighted by Crippen LogP contribution is -2.35. The number of nitrogen functional groups attached to an aromatic ring is 1. The van der Waals surface area contributed by atoms with E-state index in [-0.39, 0.29) is 17.0 Å². The van der Waals surface area contributed by atoms with E-state index < -0.39 is 72.8 Å². The van der Waals surface area contributed by atoms with E-state index in [0.29, 0.717) is 0 Å². The van der Waals surface area contributed by atoms with Crippen molar-refractivity contribution in [2.75, 3.05) is 12.3 Å². The maximum atomic E-state index is 12.1. The number of hydrogen-bond donors (Lipinski definition) is 8. The molecule has 3 unspecified atom stereocenters. The molecule has 0 aliphatic carbocycles. The Kier molecular flexibility index (Phi) is 9.23. The van der Waals surface area contributed by atoms with Crippen LogP contribution < -0.4 is 5.73 Å². The zero-order valence-electron chi connectivity index (χ0n) is 18.3. The van der Waals surface area contributed by atoms with Crippen LogP contribution in [-0.4, -0.2) is 87.0 Å². The van der Waals surface area contributed by atoms with Crippen LogP contribution in [0, 0.1) is 0 Å². The molecule has 29 heteroatoms. The van der Waals surface area contributed by atoms with E-state index in [1.807, 2.05) is 0 Å². The predicted octanol–water partition coefficient (Wildman–Crippen LogP) is -1.68. The summed E-state index contributed by atoms with van der Waals surface area (Å²) in [6.45, 7) is -1.28. The normalized spacial score (nSPS) is 27.2. The highest BCUT2D eigenvalue weighted by Crippen LogP contribution is 2.68. The Morgan fingerprint density at radius 2 is 1.62 bits per heavy atom. The van der Waals surface area contributed by atoms with E-state index in [1.165, 1.54) is 0 Å². The van der Waals surface area contributed by atoms with Gasteiger partial charge in [0.1, 0.15) is 30.2 Å². The lowest BCUT2D eigenvalue weighted by Gasteiger charge is -2.22. The molecule has 0 radical (unpaired) electrons. The molecule has 1 aliphatic rings. The van der Waals surface area contributed by atoms with Crippen LogP contribution in [0.15, 0.2) is 12.7 Å². The zero-order chi connectivity index (χ0) is 29.6. The second-order valence-electron chi connectivity index (χ2n) is 7.07. The number of aliphatic hydroxyl groups excluding tert-OH is 1. The summed E-state index contributed by atoms with van der Waals surface area (Å²) in [6.07, 6.45) is -5.35. The highest BCUT2D eigenvalue weighted by Gasteiger charge is 2.50. The Hall–Kier alpha value is -1.30. The molecule has 2 aromatic rings. The van der Waals surface area contributed by atoms with E-state index in [0.717, 1.165) is 17.2 Å². The van der Waals surface area contributed by atoms with Gasteiger partial charge in [0, 0.05) is 0 Å². The molecule has 0 bridgehead atoms. The maximum Gasteiger partial charge on any atom is 0.497 e. The SMILES string of the molecule is Nc1ncnc2c1ncn2[C@@H]1O[C@H](COP(=O)(O)OP(=O)(O)OP(=O)(O)OS(=O)(=O)O)[C@@H](OP(=O)(O)O)[C@H]1O. The van der Waals surface area contributed by atoms with Crippen molar-refractivity contribution in [3.8, 4) is 0 Å². The van der Waals surface area contributed by atoms with Gasteiger partial charge >= 0.3 is 41.7 Å². The third-order valence-corrected chi connectivity index (χ3v) is 10.0. The minimum atomic E-state index is -6.16. The van der Waals surface area contributed by atoms with Crippen molar-refractivity contribution in [3.05, 3.63) is 12.7 Å². The number of anilines is 1. The van der Waals surface area contributed by atoms with Gasteiger partial charge in [-0.2, -0.15) is 17.0 Å². The molecule has 0 aromatic carbocycles. The molecule has 1 saturated heterocycles. The first-order valence-electron chi connectivity index (χ1n) is 9.33. The number of rotatable bonds is 12. The summed E-state index contributed by atoms with van der Waals surface area (Å²) in [5.74, 6) is -0.0856. The van der Waals surface area contributed by atoms with E-state index in [9.17, 15) is 51.4 Å². The Morgan fingerprint density at radius 3 is 2.21 bits per heavy atom. The summed E-state index contributed by atoms with van der Waals surface area (Å²) in [5.41, 5.74) is 5.67. The van der Waals surface area contributed by atoms with Crippen molar-refractivity contribution in [2.45, 2.75) is 24.5 Å². The second-order valence-corrected chi connectivity index (χ2v) is 14.1. The van der Waals surface area contributed by atoms with Crippen LogP contribution in [0.5, 0.6) is 0 Å². The van der Waals surface area contributed by atoms with Crippen LogP contribution >= 0.6 is 31.3 Å². The molecule has 1 fully saturated rings. The fourth-order valence-electron chi connectivity index (χ4n) is 3.03. The molecule has 24 nitrogen and oxygen atoms in total. The monoisotopic (exact) mass is 667 g/mol. The number of ether oxygens (including phenoxy) is 1. The summed E-state index contributed by atoms with van der Waals surface area (Å²) in [6, 6.07) is 0. The number of phosphoric ester groups is 2. The van der Waals surface area contributed by atoms with Crippen molar-refractivity contribution in [1.82, 2.24) is 19.5 Å².